The zero-order valence-electron chi connectivity index (χ0n) is 14.5. The molecule has 1 amide bonds. The number of anilines is 1. The largest absolute Gasteiger partial charge is 0.396 e. The van der Waals surface area contributed by atoms with Gasteiger partial charge in [-0.05, 0) is 37.0 Å². The zero-order chi connectivity index (χ0) is 17.7. The first-order valence-electron chi connectivity index (χ1n) is 8.60. The minimum Gasteiger partial charge on any atom is -0.396 e. The Morgan fingerprint density at radius 1 is 1.28 bits per heavy atom. The summed E-state index contributed by atoms with van der Waals surface area (Å²) < 4.78 is 0. The second-order valence-electron chi connectivity index (χ2n) is 6.58. The van der Waals surface area contributed by atoms with E-state index in [1.165, 1.54) is 0 Å². The lowest BCUT2D eigenvalue weighted by atomic mass is 9.82. The molecule has 1 aliphatic heterocycles. The predicted octanol–water partition coefficient (Wildman–Crippen LogP) is 1.68. The lowest BCUT2D eigenvalue weighted by Crippen LogP contribution is -2.43. The Bertz CT molecular complexity index is 722. The summed E-state index contributed by atoms with van der Waals surface area (Å²) in [7, 11) is 0. The minimum atomic E-state index is -0.601. The second kappa shape index (κ2) is 7.61. The average molecular weight is 340 g/mol. The standard InChI is InChI=1S/C19H24N4O2/c1-15-5-2-3-6-16(15)13-22-17(25)19(8-12-24)7-11-23(14-19)18-20-9-4-10-21-18/h2-6,9-10,24H,7-8,11-14H2,1H3,(H,22,25). The van der Waals surface area contributed by atoms with Crippen LogP contribution in [-0.2, 0) is 11.3 Å². The molecule has 3 rings (SSSR count). The van der Waals surface area contributed by atoms with Crippen LogP contribution in [0.2, 0.25) is 0 Å². The SMILES string of the molecule is Cc1ccccc1CNC(=O)C1(CCO)CCN(c2ncccn2)C1. The van der Waals surface area contributed by atoms with Crippen molar-refractivity contribution in [1.29, 1.82) is 0 Å². The van der Waals surface area contributed by atoms with Crippen LogP contribution in [0.25, 0.3) is 0 Å². The lowest BCUT2D eigenvalue weighted by molar-refractivity contribution is -0.131. The van der Waals surface area contributed by atoms with Gasteiger partial charge < -0.3 is 15.3 Å². The summed E-state index contributed by atoms with van der Waals surface area (Å²) in [5.74, 6) is 0.622. The van der Waals surface area contributed by atoms with Gasteiger partial charge in [-0.3, -0.25) is 4.79 Å². The highest BCUT2D eigenvalue weighted by atomic mass is 16.3. The molecule has 0 bridgehead atoms. The fourth-order valence-corrected chi connectivity index (χ4v) is 3.39. The van der Waals surface area contributed by atoms with Gasteiger partial charge in [0.1, 0.15) is 0 Å². The van der Waals surface area contributed by atoms with Crippen molar-refractivity contribution in [2.24, 2.45) is 5.41 Å². The highest BCUT2D eigenvalue weighted by Crippen LogP contribution is 2.35. The van der Waals surface area contributed by atoms with Gasteiger partial charge >= 0.3 is 0 Å². The van der Waals surface area contributed by atoms with Crippen LogP contribution in [0.1, 0.15) is 24.0 Å². The number of amides is 1. The minimum absolute atomic E-state index is 0.0109. The van der Waals surface area contributed by atoms with Gasteiger partial charge in [-0.25, -0.2) is 9.97 Å². The Kier molecular flexibility index (Phi) is 5.28. The third kappa shape index (κ3) is 3.79. The van der Waals surface area contributed by atoms with Crippen LogP contribution >= 0.6 is 0 Å². The third-order valence-electron chi connectivity index (χ3n) is 4.96. The average Bonchev–Trinajstić information content (AvgIpc) is 3.07. The third-order valence-corrected chi connectivity index (χ3v) is 4.96. The van der Waals surface area contributed by atoms with E-state index < -0.39 is 5.41 Å². The molecule has 2 N–H and O–H groups in total. The molecule has 1 atom stereocenters. The molecule has 1 fully saturated rings. The summed E-state index contributed by atoms with van der Waals surface area (Å²) in [5.41, 5.74) is 1.66. The van der Waals surface area contributed by atoms with Gasteiger partial charge in [0, 0.05) is 38.6 Å². The zero-order valence-corrected chi connectivity index (χ0v) is 14.5. The Hall–Kier alpha value is -2.47. The highest BCUT2D eigenvalue weighted by molar-refractivity contribution is 5.84. The van der Waals surface area contributed by atoms with Crippen LogP contribution in [0.5, 0.6) is 0 Å². The Labute approximate surface area is 147 Å². The second-order valence-corrected chi connectivity index (χ2v) is 6.58. The van der Waals surface area contributed by atoms with Crippen molar-refractivity contribution in [2.75, 3.05) is 24.6 Å². The molecule has 1 unspecified atom stereocenters. The van der Waals surface area contributed by atoms with Crippen molar-refractivity contribution >= 4 is 11.9 Å². The molecule has 6 heteroatoms. The van der Waals surface area contributed by atoms with Crippen LogP contribution in [-0.4, -0.2) is 40.7 Å². The van der Waals surface area contributed by atoms with Crippen molar-refractivity contribution < 1.29 is 9.90 Å². The maximum absolute atomic E-state index is 12.9. The molecule has 0 saturated carbocycles. The van der Waals surface area contributed by atoms with E-state index in [4.69, 9.17) is 0 Å². The van der Waals surface area contributed by atoms with Crippen LogP contribution in [0, 0.1) is 12.3 Å². The predicted molar refractivity (Wildman–Crippen MR) is 96.0 cm³/mol. The van der Waals surface area contributed by atoms with Crippen molar-refractivity contribution in [3.8, 4) is 0 Å². The summed E-state index contributed by atoms with van der Waals surface area (Å²) in [6.07, 6.45) is 4.53. The van der Waals surface area contributed by atoms with Crippen molar-refractivity contribution in [1.82, 2.24) is 15.3 Å². The van der Waals surface area contributed by atoms with E-state index in [0.29, 0.717) is 38.4 Å². The van der Waals surface area contributed by atoms with Crippen molar-refractivity contribution in [2.45, 2.75) is 26.3 Å². The van der Waals surface area contributed by atoms with Gasteiger partial charge in [0.15, 0.2) is 0 Å². The molecular weight excluding hydrogens is 316 g/mol. The summed E-state index contributed by atoms with van der Waals surface area (Å²) >= 11 is 0. The first kappa shape index (κ1) is 17.4. The van der Waals surface area contributed by atoms with Crippen LogP contribution in [0.15, 0.2) is 42.7 Å². The van der Waals surface area contributed by atoms with Gasteiger partial charge in [-0.2, -0.15) is 0 Å². The fourth-order valence-electron chi connectivity index (χ4n) is 3.39. The van der Waals surface area contributed by atoms with E-state index in [2.05, 4.69) is 15.3 Å². The number of aliphatic hydroxyl groups excluding tert-OH is 1. The number of carbonyl (C=O) groups excluding carboxylic acids is 1. The quantitative estimate of drug-likeness (QED) is 0.836. The molecule has 0 spiro atoms. The fraction of sp³-hybridized carbons (Fsp3) is 0.421. The molecule has 1 aromatic carbocycles. The number of aliphatic hydroxyl groups is 1. The van der Waals surface area contributed by atoms with Gasteiger partial charge in [-0.1, -0.05) is 24.3 Å². The van der Waals surface area contributed by atoms with E-state index in [9.17, 15) is 9.90 Å². The molecule has 132 valence electrons. The number of carbonyl (C=O) groups is 1. The number of nitrogens with one attached hydrogen (secondary N) is 1. The molecule has 0 aliphatic carbocycles. The van der Waals surface area contributed by atoms with E-state index in [-0.39, 0.29) is 12.5 Å². The maximum Gasteiger partial charge on any atom is 0.228 e. The summed E-state index contributed by atoms with van der Waals surface area (Å²) in [4.78, 5) is 23.5. The van der Waals surface area contributed by atoms with E-state index in [1.54, 1.807) is 18.5 Å². The lowest BCUT2D eigenvalue weighted by Gasteiger charge is -2.27. The molecule has 1 aliphatic rings. The van der Waals surface area contributed by atoms with Crippen molar-refractivity contribution in [3.05, 3.63) is 53.9 Å². The first-order valence-corrected chi connectivity index (χ1v) is 8.60. The van der Waals surface area contributed by atoms with Gasteiger partial charge in [0.2, 0.25) is 11.9 Å². The molecule has 2 heterocycles. The topological polar surface area (TPSA) is 78.4 Å². The number of aromatic nitrogens is 2. The molecule has 6 nitrogen and oxygen atoms in total. The smallest absolute Gasteiger partial charge is 0.228 e. The number of aryl methyl sites for hydroxylation is 1. The van der Waals surface area contributed by atoms with E-state index >= 15 is 0 Å². The van der Waals surface area contributed by atoms with Gasteiger partial charge in [0.25, 0.3) is 0 Å². The summed E-state index contributed by atoms with van der Waals surface area (Å²) in [5, 5.41) is 12.6. The molecule has 25 heavy (non-hydrogen) atoms. The molecule has 2 aromatic rings. The Balaban J connectivity index is 1.70. The molecule has 1 aromatic heterocycles. The normalized spacial score (nSPS) is 19.8. The van der Waals surface area contributed by atoms with Crippen LogP contribution in [0.3, 0.4) is 0 Å². The number of nitrogens with zero attached hydrogens (tertiary/aromatic N) is 3. The number of hydrogen-bond donors (Lipinski definition) is 2. The Morgan fingerprint density at radius 3 is 2.76 bits per heavy atom. The van der Waals surface area contributed by atoms with Gasteiger partial charge in [0.05, 0.1) is 5.41 Å². The monoisotopic (exact) mass is 340 g/mol. The van der Waals surface area contributed by atoms with Crippen molar-refractivity contribution in [3.63, 3.8) is 0 Å². The Morgan fingerprint density at radius 2 is 2.04 bits per heavy atom. The van der Waals surface area contributed by atoms with E-state index in [0.717, 1.165) is 11.1 Å². The molecular formula is C19H24N4O2. The molecule has 1 saturated heterocycles. The number of rotatable bonds is 6. The summed E-state index contributed by atoms with van der Waals surface area (Å²) in [6.45, 7) is 3.76. The van der Waals surface area contributed by atoms with Crippen LogP contribution in [0.4, 0.5) is 5.95 Å². The van der Waals surface area contributed by atoms with Gasteiger partial charge in [-0.15, -0.1) is 0 Å². The van der Waals surface area contributed by atoms with Crippen LogP contribution < -0.4 is 10.2 Å². The molecule has 0 radical (unpaired) electrons. The summed E-state index contributed by atoms with van der Waals surface area (Å²) in [6, 6.07) is 9.79. The first-order chi connectivity index (χ1) is 12.1. The maximum atomic E-state index is 12.9. The number of benzene rings is 1. The number of hydrogen-bond acceptors (Lipinski definition) is 5. The highest BCUT2D eigenvalue weighted by Gasteiger charge is 2.44. The van der Waals surface area contributed by atoms with E-state index in [1.807, 2.05) is 36.1 Å².